The normalized spacial score (nSPS) is 29.8. The van der Waals surface area contributed by atoms with Crippen LogP contribution in [0.5, 0.6) is 0 Å². The third kappa shape index (κ3) is 5.12. The molecule has 36 heavy (non-hydrogen) atoms. The summed E-state index contributed by atoms with van der Waals surface area (Å²) in [5.74, 6) is -1.07. The minimum atomic E-state index is -2.90. The standard InChI is InChI=1S/C26H42F2N6O2/c1-18(2)32-14-16-33(17-15-32)20-8-5-9-26(27,28)21(20)29-24(35)34-12-10-25(3,11-13-34)23-30-22(36-31-23)19-6-4-7-19/h18-21H,4-17H2,1-3H3,(H,29,35)/t20-,21+/m0/s1. The summed E-state index contributed by atoms with van der Waals surface area (Å²) >= 11 is 0. The van der Waals surface area contributed by atoms with Crippen molar-refractivity contribution in [3.63, 3.8) is 0 Å². The maximum absolute atomic E-state index is 15.2. The molecule has 8 nitrogen and oxygen atoms in total. The second kappa shape index (κ2) is 10.2. The van der Waals surface area contributed by atoms with Crippen LogP contribution in [-0.4, -0.2) is 94.2 Å². The fourth-order valence-corrected chi connectivity index (χ4v) is 6.28. The fourth-order valence-electron chi connectivity index (χ4n) is 6.28. The van der Waals surface area contributed by atoms with Gasteiger partial charge in [-0.25, -0.2) is 13.6 Å². The van der Waals surface area contributed by atoms with E-state index in [-0.39, 0.29) is 23.9 Å². The van der Waals surface area contributed by atoms with Crippen molar-refractivity contribution in [2.45, 2.75) is 108 Å². The van der Waals surface area contributed by atoms with E-state index in [4.69, 9.17) is 4.52 Å². The van der Waals surface area contributed by atoms with E-state index in [0.29, 0.717) is 56.6 Å². The van der Waals surface area contributed by atoms with E-state index in [9.17, 15) is 4.79 Å². The van der Waals surface area contributed by atoms with Gasteiger partial charge in [0.2, 0.25) is 5.89 Å². The SMILES string of the molecule is CC(C)N1CCN([C@H]2CCCC(F)(F)[C@@H]2NC(=O)N2CCC(C)(c3noc(C4CCC4)n3)CC2)CC1. The number of amides is 2. The van der Waals surface area contributed by atoms with Crippen LogP contribution >= 0.6 is 0 Å². The van der Waals surface area contributed by atoms with Crippen LogP contribution in [0.2, 0.25) is 0 Å². The lowest BCUT2D eigenvalue weighted by Gasteiger charge is -2.48. The molecule has 0 spiro atoms. The summed E-state index contributed by atoms with van der Waals surface area (Å²) in [6.45, 7) is 10.7. The molecular formula is C26H42F2N6O2. The number of piperidine rings is 1. The predicted molar refractivity (Wildman–Crippen MR) is 132 cm³/mol. The summed E-state index contributed by atoms with van der Waals surface area (Å²) in [5.41, 5.74) is -0.268. The summed E-state index contributed by atoms with van der Waals surface area (Å²) < 4.78 is 35.8. The number of halogens is 2. The number of piperazine rings is 1. The molecule has 2 saturated heterocycles. The Morgan fingerprint density at radius 2 is 1.72 bits per heavy atom. The monoisotopic (exact) mass is 508 g/mol. The van der Waals surface area contributed by atoms with Crippen molar-refractivity contribution in [3.05, 3.63) is 11.7 Å². The van der Waals surface area contributed by atoms with Crippen molar-refractivity contribution in [2.24, 2.45) is 0 Å². The summed E-state index contributed by atoms with van der Waals surface area (Å²) in [6, 6.07) is -1.40. The van der Waals surface area contributed by atoms with E-state index in [0.717, 1.165) is 44.9 Å². The lowest BCUT2D eigenvalue weighted by molar-refractivity contribution is -0.0973. The number of carbonyl (C=O) groups is 1. The highest BCUT2D eigenvalue weighted by Gasteiger charge is 2.50. The molecular weight excluding hydrogens is 466 g/mol. The van der Waals surface area contributed by atoms with E-state index < -0.39 is 12.0 Å². The average Bonchev–Trinajstić information content (AvgIpc) is 3.30. The van der Waals surface area contributed by atoms with Crippen molar-refractivity contribution < 1.29 is 18.1 Å². The summed E-state index contributed by atoms with van der Waals surface area (Å²) in [6.07, 6.45) is 5.81. The van der Waals surface area contributed by atoms with Crippen LogP contribution in [0.15, 0.2) is 4.52 Å². The Morgan fingerprint density at radius 3 is 2.33 bits per heavy atom. The van der Waals surface area contributed by atoms with Gasteiger partial charge >= 0.3 is 6.03 Å². The Balaban J connectivity index is 1.19. The molecule has 0 radical (unpaired) electrons. The molecule has 2 atom stereocenters. The molecule has 0 unspecified atom stereocenters. The quantitative estimate of drug-likeness (QED) is 0.648. The lowest BCUT2D eigenvalue weighted by atomic mass is 9.79. The lowest BCUT2D eigenvalue weighted by Crippen LogP contribution is -2.66. The van der Waals surface area contributed by atoms with Crippen LogP contribution in [-0.2, 0) is 5.41 Å². The maximum atomic E-state index is 15.2. The predicted octanol–water partition coefficient (Wildman–Crippen LogP) is 3.98. The number of nitrogens with zero attached hydrogens (tertiary/aromatic N) is 5. The molecule has 2 amide bonds. The molecule has 4 aliphatic rings. The third-order valence-corrected chi connectivity index (χ3v) is 9.27. The van der Waals surface area contributed by atoms with Crippen molar-refractivity contribution in [3.8, 4) is 0 Å². The molecule has 0 bridgehead atoms. The van der Waals surface area contributed by atoms with E-state index in [2.05, 4.69) is 46.0 Å². The highest BCUT2D eigenvalue weighted by atomic mass is 19.3. The molecule has 1 aromatic rings. The first-order chi connectivity index (χ1) is 17.2. The number of hydrogen-bond acceptors (Lipinski definition) is 6. The number of aromatic nitrogens is 2. The molecule has 5 rings (SSSR count). The van der Waals surface area contributed by atoms with Gasteiger partial charge in [0.1, 0.15) is 6.04 Å². The Bertz CT molecular complexity index is 904. The highest BCUT2D eigenvalue weighted by Crippen LogP contribution is 2.39. The van der Waals surface area contributed by atoms with Gasteiger partial charge in [-0.15, -0.1) is 0 Å². The molecule has 10 heteroatoms. The van der Waals surface area contributed by atoms with E-state index in [1.54, 1.807) is 4.90 Å². The highest BCUT2D eigenvalue weighted by molar-refractivity contribution is 5.75. The van der Waals surface area contributed by atoms with Gasteiger partial charge in [0.25, 0.3) is 5.92 Å². The Morgan fingerprint density at radius 1 is 1.03 bits per heavy atom. The molecule has 1 N–H and O–H groups in total. The molecule has 1 aromatic heterocycles. The van der Waals surface area contributed by atoms with Crippen molar-refractivity contribution in [1.82, 2.24) is 30.2 Å². The van der Waals surface area contributed by atoms with E-state index in [1.807, 2.05) is 0 Å². The zero-order valence-electron chi connectivity index (χ0n) is 22.0. The Hall–Kier alpha value is -1.81. The molecule has 202 valence electrons. The molecule has 0 aromatic carbocycles. The van der Waals surface area contributed by atoms with E-state index >= 15 is 8.78 Å². The van der Waals surface area contributed by atoms with Crippen molar-refractivity contribution in [1.29, 1.82) is 0 Å². The second-order valence-electron chi connectivity index (χ2n) is 11.9. The molecule has 3 heterocycles. The first-order valence-electron chi connectivity index (χ1n) is 13.9. The number of alkyl halides is 2. The Labute approximate surface area is 213 Å². The summed E-state index contributed by atoms with van der Waals surface area (Å²) in [4.78, 5) is 24.2. The van der Waals surface area contributed by atoms with Crippen LogP contribution in [0.1, 0.15) is 89.8 Å². The smallest absolute Gasteiger partial charge is 0.317 e. The first kappa shape index (κ1) is 25.8. The van der Waals surface area contributed by atoms with Gasteiger partial charge in [0.05, 0.1) is 0 Å². The van der Waals surface area contributed by atoms with Gasteiger partial charge in [-0.2, -0.15) is 4.98 Å². The minimum Gasteiger partial charge on any atom is -0.339 e. The minimum absolute atomic E-state index is 0.167. The largest absolute Gasteiger partial charge is 0.339 e. The van der Waals surface area contributed by atoms with E-state index in [1.165, 1.54) is 6.42 Å². The van der Waals surface area contributed by atoms with Gasteiger partial charge in [0.15, 0.2) is 5.82 Å². The summed E-state index contributed by atoms with van der Waals surface area (Å²) in [7, 11) is 0. The van der Waals surface area contributed by atoms with Crippen LogP contribution in [0.3, 0.4) is 0 Å². The molecule has 4 fully saturated rings. The topological polar surface area (TPSA) is 77.7 Å². The van der Waals surface area contributed by atoms with Crippen molar-refractivity contribution >= 4 is 6.03 Å². The van der Waals surface area contributed by atoms with Gasteiger partial charge < -0.3 is 14.7 Å². The number of urea groups is 1. The molecule has 2 aliphatic heterocycles. The van der Waals surface area contributed by atoms with Crippen molar-refractivity contribution in [2.75, 3.05) is 39.3 Å². The fraction of sp³-hybridized carbons (Fsp3) is 0.885. The second-order valence-corrected chi connectivity index (χ2v) is 11.9. The Kier molecular flexibility index (Phi) is 7.29. The van der Waals surface area contributed by atoms with Gasteiger partial charge in [-0.05, 0) is 52.4 Å². The van der Waals surface area contributed by atoms with Gasteiger partial charge in [-0.1, -0.05) is 18.5 Å². The van der Waals surface area contributed by atoms with Crippen LogP contribution < -0.4 is 5.32 Å². The van der Waals surface area contributed by atoms with Crippen LogP contribution in [0, 0.1) is 0 Å². The van der Waals surface area contributed by atoms with Gasteiger partial charge in [-0.3, -0.25) is 9.80 Å². The zero-order chi connectivity index (χ0) is 25.5. The average molecular weight is 509 g/mol. The maximum Gasteiger partial charge on any atom is 0.317 e. The number of carbonyl (C=O) groups excluding carboxylic acids is 1. The number of rotatable bonds is 5. The summed E-state index contributed by atoms with van der Waals surface area (Å²) in [5, 5.41) is 7.06. The molecule has 2 aliphatic carbocycles. The number of nitrogens with one attached hydrogen (secondary N) is 1. The number of hydrogen-bond donors (Lipinski definition) is 1. The van der Waals surface area contributed by atoms with Gasteiger partial charge in [0, 0.05) is 69.1 Å². The van der Waals surface area contributed by atoms with Crippen LogP contribution in [0.4, 0.5) is 13.6 Å². The first-order valence-corrected chi connectivity index (χ1v) is 13.9. The van der Waals surface area contributed by atoms with Crippen LogP contribution in [0.25, 0.3) is 0 Å². The number of likely N-dealkylation sites (tertiary alicyclic amines) is 1. The third-order valence-electron chi connectivity index (χ3n) is 9.27. The molecule has 2 saturated carbocycles. The zero-order valence-corrected chi connectivity index (χ0v) is 22.0.